The molecule has 0 unspecified atom stereocenters. The topological polar surface area (TPSA) is 48.9 Å². The summed E-state index contributed by atoms with van der Waals surface area (Å²) in [6, 6.07) is 10.5. The summed E-state index contributed by atoms with van der Waals surface area (Å²) in [7, 11) is 0. The van der Waals surface area contributed by atoms with Crippen LogP contribution in [0.4, 0.5) is 11.4 Å². The molecule has 1 aromatic heterocycles. The van der Waals surface area contributed by atoms with Gasteiger partial charge in [-0.05, 0) is 49.1 Å². The molecule has 7 heteroatoms. The van der Waals surface area contributed by atoms with Gasteiger partial charge in [0, 0.05) is 49.7 Å². The number of anilines is 2. The summed E-state index contributed by atoms with van der Waals surface area (Å²) in [6.45, 7) is 10.9. The van der Waals surface area contributed by atoms with Crippen molar-refractivity contribution in [2.45, 2.75) is 46.8 Å². The molecule has 2 aliphatic rings. The molecule has 1 aromatic carbocycles. The Labute approximate surface area is 195 Å². The van der Waals surface area contributed by atoms with E-state index in [0.717, 1.165) is 60.5 Å². The molecular weight excluding hydrogens is 424 g/mol. The zero-order valence-electron chi connectivity index (χ0n) is 19.2. The fraction of sp³-hybridized carbons (Fsp3) is 0.440. The Morgan fingerprint density at radius 2 is 1.94 bits per heavy atom. The molecule has 4 rings (SSSR count). The van der Waals surface area contributed by atoms with Crippen molar-refractivity contribution in [2.24, 2.45) is 5.92 Å². The monoisotopic (exact) mass is 454 g/mol. The Bertz CT molecular complexity index is 1020. The number of pyridine rings is 1. The largest absolute Gasteiger partial charge is 0.460 e. The number of benzene rings is 1. The zero-order valence-corrected chi connectivity index (χ0v) is 20.0. The van der Waals surface area contributed by atoms with Crippen molar-refractivity contribution in [1.82, 2.24) is 9.88 Å². The molecule has 2 aromatic rings. The van der Waals surface area contributed by atoms with E-state index in [0.29, 0.717) is 5.92 Å². The van der Waals surface area contributed by atoms with Gasteiger partial charge in [0.1, 0.15) is 6.10 Å². The quantitative estimate of drug-likeness (QED) is 0.563. The SMILES string of the molecule is CC(=O)OC1CN(Cc2ccc(N3C=CN(c4ccc(CC(C)C)c(Cl)c4)C3)c(C)n2)C1. The standard InChI is InChI=1S/C25H31ClN4O2/c1-17(2)11-20-5-7-22(12-24(20)26)29-9-10-30(16-29)25-8-6-21(27-18(25)3)13-28-14-23(15-28)32-19(4)31/h5-10,12,17,23H,11,13-16H2,1-4H3. The Hall–Kier alpha value is -2.57. The average molecular weight is 455 g/mol. The lowest BCUT2D eigenvalue weighted by atomic mass is 10.0. The van der Waals surface area contributed by atoms with Crippen LogP contribution in [-0.2, 0) is 22.5 Å². The van der Waals surface area contributed by atoms with E-state index in [1.54, 1.807) is 0 Å². The molecule has 0 aliphatic carbocycles. The molecule has 0 saturated carbocycles. The molecule has 0 amide bonds. The van der Waals surface area contributed by atoms with E-state index in [1.807, 2.05) is 6.92 Å². The minimum absolute atomic E-state index is 0.0153. The minimum Gasteiger partial charge on any atom is -0.460 e. The second-order valence-corrected chi connectivity index (χ2v) is 9.49. The highest BCUT2D eigenvalue weighted by atomic mass is 35.5. The molecule has 1 saturated heterocycles. The summed E-state index contributed by atoms with van der Waals surface area (Å²) in [6.07, 6.45) is 5.16. The van der Waals surface area contributed by atoms with Gasteiger partial charge in [0.15, 0.2) is 0 Å². The number of hydrogen-bond donors (Lipinski definition) is 0. The maximum atomic E-state index is 11.0. The predicted octanol–water partition coefficient (Wildman–Crippen LogP) is 4.74. The Morgan fingerprint density at radius 3 is 2.59 bits per heavy atom. The molecule has 170 valence electrons. The molecule has 32 heavy (non-hydrogen) atoms. The highest BCUT2D eigenvalue weighted by molar-refractivity contribution is 6.31. The molecule has 3 heterocycles. The number of likely N-dealkylation sites (tertiary alicyclic amines) is 1. The van der Waals surface area contributed by atoms with Crippen LogP contribution in [0.3, 0.4) is 0 Å². The van der Waals surface area contributed by atoms with Gasteiger partial charge >= 0.3 is 5.97 Å². The number of nitrogens with zero attached hydrogens (tertiary/aromatic N) is 4. The number of aryl methyl sites for hydroxylation is 1. The maximum Gasteiger partial charge on any atom is 0.302 e. The number of carbonyl (C=O) groups is 1. The van der Waals surface area contributed by atoms with Gasteiger partial charge in [-0.15, -0.1) is 0 Å². The summed E-state index contributed by atoms with van der Waals surface area (Å²) in [5, 5.41) is 0.826. The summed E-state index contributed by atoms with van der Waals surface area (Å²) in [5.74, 6) is 0.366. The van der Waals surface area contributed by atoms with Crippen molar-refractivity contribution >= 4 is 28.9 Å². The lowest BCUT2D eigenvalue weighted by Crippen LogP contribution is -2.52. The van der Waals surface area contributed by atoms with Gasteiger partial charge in [-0.3, -0.25) is 14.7 Å². The summed E-state index contributed by atoms with van der Waals surface area (Å²) < 4.78 is 5.21. The third kappa shape index (κ3) is 5.25. The Balaban J connectivity index is 1.36. The van der Waals surface area contributed by atoms with Gasteiger partial charge in [-0.1, -0.05) is 31.5 Å². The first kappa shape index (κ1) is 22.6. The summed E-state index contributed by atoms with van der Waals surface area (Å²) >= 11 is 6.54. The van der Waals surface area contributed by atoms with E-state index < -0.39 is 0 Å². The number of rotatable bonds is 7. The van der Waals surface area contributed by atoms with Crippen LogP contribution in [0.1, 0.15) is 37.7 Å². The van der Waals surface area contributed by atoms with Crippen molar-refractivity contribution in [3.8, 4) is 0 Å². The van der Waals surface area contributed by atoms with Gasteiger partial charge in [0.25, 0.3) is 0 Å². The smallest absolute Gasteiger partial charge is 0.302 e. The molecule has 6 nitrogen and oxygen atoms in total. The van der Waals surface area contributed by atoms with Gasteiger partial charge in [-0.2, -0.15) is 0 Å². The number of ether oxygens (including phenoxy) is 1. The van der Waals surface area contributed by atoms with Crippen LogP contribution in [-0.4, -0.2) is 41.7 Å². The molecule has 0 bridgehead atoms. The predicted molar refractivity (Wildman–Crippen MR) is 129 cm³/mol. The first-order valence-electron chi connectivity index (χ1n) is 11.1. The second kappa shape index (κ2) is 9.51. The molecule has 0 radical (unpaired) electrons. The van der Waals surface area contributed by atoms with Crippen molar-refractivity contribution in [3.05, 3.63) is 64.7 Å². The first-order valence-corrected chi connectivity index (χ1v) is 11.5. The molecule has 0 atom stereocenters. The molecular formula is C25H31ClN4O2. The number of aromatic nitrogens is 1. The fourth-order valence-electron chi connectivity index (χ4n) is 4.25. The minimum atomic E-state index is -0.213. The van der Waals surface area contributed by atoms with Crippen molar-refractivity contribution < 1.29 is 9.53 Å². The highest BCUT2D eigenvalue weighted by Gasteiger charge is 2.29. The maximum absolute atomic E-state index is 11.0. The third-order valence-corrected chi connectivity index (χ3v) is 6.15. The number of halogens is 1. The fourth-order valence-corrected chi connectivity index (χ4v) is 4.50. The van der Waals surface area contributed by atoms with Crippen molar-refractivity contribution in [2.75, 3.05) is 29.6 Å². The van der Waals surface area contributed by atoms with Crippen LogP contribution in [0.5, 0.6) is 0 Å². The van der Waals surface area contributed by atoms with Crippen LogP contribution < -0.4 is 9.80 Å². The first-order chi connectivity index (χ1) is 15.3. The third-order valence-electron chi connectivity index (χ3n) is 5.79. The average Bonchev–Trinajstić information content (AvgIpc) is 3.17. The van der Waals surface area contributed by atoms with Crippen molar-refractivity contribution in [3.63, 3.8) is 0 Å². The van der Waals surface area contributed by atoms with Gasteiger partial charge in [0.05, 0.1) is 23.7 Å². The van der Waals surface area contributed by atoms with Crippen LogP contribution in [0.2, 0.25) is 5.02 Å². The lowest BCUT2D eigenvalue weighted by molar-refractivity contribution is -0.155. The van der Waals surface area contributed by atoms with Crippen LogP contribution in [0, 0.1) is 12.8 Å². The zero-order chi connectivity index (χ0) is 22.8. The van der Waals surface area contributed by atoms with E-state index in [9.17, 15) is 4.79 Å². The lowest BCUT2D eigenvalue weighted by Gasteiger charge is -2.38. The van der Waals surface area contributed by atoms with E-state index in [2.05, 4.69) is 71.3 Å². The van der Waals surface area contributed by atoms with E-state index >= 15 is 0 Å². The molecule has 0 N–H and O–H groups in total. The number of carbonyl (C=O) groups excluding carboxylic acids is 1. The van der Waals surface area contributed by atoms with E-state index in [4.69, 9.17) is 21.3 Å². The number of esters is 1. The van der Waals surface area contributed by atoms with Crippen molar-refractivity contribution in [1.29, 1.82) is 0 Å². The van der Waals surface area contributed by atoms with Crippen LogP contribution >= 0.6 is 11.6 Å². The van der Waals surface area contributed by atoms with Gasteiger partial charge in [-0.25, -0.2) is 0 Å². The van der Waals surface area contributed by atoms with E-state index in [1.165, 1.54) is 12.5 Å². The normalized spacial score (nSPS) is 16.7. The second-order valence-electron chi connectivity index (χ2n) is 9.09. The van der Waals surface area contributed by atoms with E-state index in [-0.39, 0.29) is 12.1 Å². The van der Waals surface area contributed by atoms with Crippen LogP contribution in [0.25, 0.3) is 0 Å². The number of hydrogen-bond acceptors (Lipinski definition) is 6. The summed E-state index contributed by atoms with van der Waals surface area (Å²) in [4.78, 5) is 22.5. The summed E-state index contributed by atoms with van der Waals surface area (Å²) in [5.41, 5.74) is 5.40. The Morgan fingerprint density at radius 1 is 1.19 bits per heavy atom. The van der Waals surface area contributed by atoms with Gasteiger partial charge < -0.3 is 14.5 Å². The molecule has 0 spiro atoms. The molecule has 1 fully saturated rings. The molecule has 2 aliphatic heterocycles. The highest BCUT2D eigenvalue weighted by Crippen LogP contribution is 2.30. The Kier molecular flexibility index (Phi) is 6.72. The van der Waals surface area contributed by atoms with Crippen LogP contribution in [0.15, 0.2) is 42.7 Å². The van der Waals surface area contributed by atoms with Gasteiger partial charge in [0.2, 0.25) is 0 Å².